The molecule has 1 N–H and O–H groups in total. The monoisotopic (exact) mass is 317 g/mol. The molecule has 0 spiro atoms. The van der Waals surface area contributed by atoms with Crippen LogP contribution in [0.15, 0.2) is 67.0 Å². The van der Waals surface area contributed by atoms with E-state index in [9.17, 15) is 0 Å². The van der Waals surface area contributed by atoms with Crippen molar-refractivity contribution in [2.75, 3.05) is 26.2 Å². The molecule has 1 fully saturated rings. The summed E-state index contributed by atoms with van der Waals surface area (Å²) >= 11 is 0. The van der Waals surface area contributed by atoms with E-state index < -0.39 is 0 Å². The van der Waals surface area contributed by atoms with Crippen LogP contribution in [0.1, 0.15) is 23.6 Å². The Labute approximate surface area is 143 Å². The number of pyridine rings is 1. The zero-order valence-corrected chi connectivity index (χ0v) is 13.9. The lowest BCUT2D eigenvalue weighted by Crippen LogP contribution is -2.33. The van der Waals surface area contributed by atoms with Gasteiger partial charge in [-0.1, -0.05) is 42.5 Å². The molecule has 3 heteroatoms. The lowest BCUT2D eigenvalue weighted by Gasteiger charge is -2.31. The molecular formula is C21H23N3. The number of nitrogens with zero attached hydrogens (tertiary/aromatic N) is 2. The van der Waals surface area contributed by atoms with Crippen molar-refractivity contribution in [2.45, 2.75) is 12.5 Å². The van der Waals surface area contributed by atoms with Gasteiger partial charge in [-0.3, -0.25) is 9.88 Å². The van der Waals surface area contributed by atoms with Crippen LogP contribution in [0.4, 0.5) is 0 Å². The highest BCUT2D eigenvalue weighted by molar-refractivity contribution is 5.82. The predicted molar refractivity (Wildman–Crippen MR) is 99.1 cm³/mol. The van der Waals surface area contributed by atoms with Gasteiger partial charge in [0.05, 0.1) is 6.04 Å². The molecule has 1 saturated heterocycles. The van der Waals surface area contributed by atoms with Gasteiger partial charge in [-0.05, 0) is 41.6 Å². The van der Waals surface area contributed by atoms with Crippen molar-refractivity contribution in [3.05, 3.63) is 78.1 Å². The Kier molecular flexibility index (Phi) is 4.54. The maximum absolute atomic E-state index is 4.23. The van der Waals surface area contributed by atoms with Crippen LogP contribution in [-0.2, 0) is 0 Å². The zero-order valence-electron chi connectivity index (χ0n) is 13.9. The summed E-state index contributed by atoms with van der Waals surface area (Å²) in [6.07, 6.45) is 5.01. The summed E-state index contributed by atoms with van der Waals surface area (Å²) in [4.78, 5) is 6.84. The smallest absolute Gasteiger partial charge is 0.0602 e. The van der Waals surface area contributed by atoms with Crippen molar-refractivity contribution >= 4 is 10.8 Å². The topological polar surface area (TPSA) is 28.2 Å². The highest BCUT2D eigenvalue weighted by Crippen LogP contribution is 2.31. The lowest BCUT2D eigenvalue weighted by atomic mass is 9.95. The van der Waals surface area contributed by atoms with E-state index in [0.717, 1.165) is 26.2 Å². The Balaban J connectivity index is 1.78. The Morgan fingerprint density at radius 1 is 0.875 bits per heavy atom. The number of aromatic nitrogens is 1. The fourth-order valence-corrected chi connectivity index (χ4v) is 3.65. The van der Waals surface area contributed by atoms with Crippen LogP contribution in [-0.4, -0.2) is 36.1 Å². The SMILES string of the molecule is c1ccc(C(c2ccc3cnccc3c2)N2CCCNCC2)cc1. The van der Waals surface area contributed by atoms with Gasteiger partial charge in [-0.15, -0.1) is 0 Å². The highest BCUT2D eigenvalue weighted by atomic mass is 15.2. The van der Waals surface area contributed by atoms with Crippen molar-refractivity contribution in [1.82, 2.24) is 15.2 Å². The summed E-state index contributed by atoms with van der Waals surface area (Å²) in [5.74, 6) is 0. The molecular weight excluding hydrogens is 294 g/mol. The molecule has 0 bridgehead atoms. The van der Waals surface area contributed by atoms with Gasteiger partial charge in [0.25, 0.3) is 0 Å². The molecule has 0 amide bonds. The normalized spacial score (nSPS) is 17.5. The van der Waals surface area contributed by atoms with E-state index in [1.807, 2.05) is 12.4 Å². The summed E-state index contributed by atoms with van der Waals surface area (Å²) in [6, 6.07) is 20.1. The summed E-state index contributed by atoms with van der Waals surface area (Å²) < 4.78 is 0. The molecule has 1 aliphatic rings. The largest absolute Gasteiger partial charge is 0.315 e. The van der Waals surface area contributed by atoms with Crippen LogP contribution >= 0.6 is 0 Å². The van der Waals surface area contributed by atoms with Gasteiger partial charge in [0.1, 0.15) is 0 Å². The van der Waals surface area contributed by atoms with Gasteiger partial charge in [0.2, 0.25) is 0 Å². The average Bonchev–Trinajstić information content (AvgIpc) is 2.92. The quantitative estimate of drug-likeness (QED) is 0.800. The zero-order chi connectivity index (χ0) is 16.2. The number of hydrogen-bond donors (Lipinski definition) is 1. The molecule has 1 unspecified atom stereocenters. The van der Waals surface area contributed by atoms with Gasteiger partial charge >= 0.3 is 0 Å². The van der Waals surface area contributed by atoms with E-state index in [-0.39, 0.29) is 0 Å². The standard InChI is InChI=1S/C21H23N3/c1-2-5-17(6-3-1)21(24-13-4-10-22-12-14-24)19-7-8-20-16-23-11-9-18(20)15-19/h1-3,5-9,11,15-16,21-22H,4,10,12-14H2. The van der Waals surface area contributed by atoms with Crippen LogP contribution < -0.4 is 5.32 Å². The number of benzene rings is 2. The first-order valence-electron chi connectivity index (χ1n) is 8.75. The molecule has 1 aliphatic heterocycles. The minimum Gasteiger partial charge on any atom is -0.315 e. The minimum absolute atomic E-state index is 0.309. The van der Waals surface area contributed by atoms with Crippen LogP contribution in [0, 0.1) is 0 Å². The van der Waals surface area contributed by atoms with Gasteiger partial charge in [0.15, 0.2) is 0 Å². The molecule has 122 valence electrons. The van der Waals surface area contributed by atoms with Crippen LogP contribution in [0.3, 0.4) is 0 Å². The molecule has 3 nitrogen and oxygen atoms in total. The molecule has 1 atom stereocenters. The third kappa shape index (κ3) is 3.18. The highest BCUT2D eigenvalue weighted by Gasteiger charge is 2.23. The Morgan fingerprint density at radius 2 is 1.79 bits per heavy atom. The second-order valence-corrected chi connectivity index (χ2v) is 6.44. The van der Waals surface area contributed by atoms with Crippen molar-refractivity contribution in [1.29, 1.82) is 0 Å². The molecule has 24 heavy (non-hydrogen) atoms. The Hall–Kier alpha value is -2.23. The number of hydrogen-bond acceptors (Lipinski definition) is 3. The molecule has 1 aromatic heterocycles. The predicted octanol–water partition coefficient (Wildman–Crippen LogP) is 3.62. The van der Waals surface area contributed by atoms with E-state index in [4.69, 9.17) is 0 Å². The van der Waals surface area contributed by atoms with Crippen LogP contribution in [0.25, 0.3) is 10.8 Å². The van der Waals surface area contributed by atoms with Crippen molar-refractivity contribution in [3.63, 3.8) is 0 Å². The summed E-state index contributed by atoms with van der Waals surface area (Å²) in [6.45, 7) is 4.37. The van der Waals surface area contributed by atoms with Crippen LogP contribution in [0.5, 0.6) is 0 Å². The molecule has 4 rings (SSSR count). The van der Waals surface area contributed by atoms with Gasteiger partial charge < -0.3 is 5.32 Å². The van der Waals surface area contributed by atoms with E-state index in [0.29, 0.717) is 6.04 Å². The molecule has 0 aliphatic carbocycles. The maximum Gasteiger partial charge on any atom is 0.0602 e. The van der Waals surface area contributed by atoms with E-state index >= 15 is 0 Å². The third-order valence-electron chi connectivity index (χ3n) is 4.84. The summed E-state index contributed by atoms with van der Waals surface area (Å²) in [5, 5.41) is 5.97. The fraction of sp³-hybridized carbons (Fsp3) is 0.286. The second-order valence-electron chi connectivity index (χ2n) is 6.44. The summed E-state index contributed by atoms with van der Waals surface area (Å²) in [5.41, 5.74) is 2.73. The summed E-state index contributed by atoms with van der Waals surface area (Å²) in [7, 11) is 0. The molecule has 3 aromatic rings. The van der Waals surface area contributed by atoms with E-state index in [1.54, 1.807) is 0 Å². The van der Waals surface area contributed by atoms with E-state index in [1.165, 1.54) is 28.3 Å². The molecule has 0 saturated carbocycles. The van der Waals surface area contributed by atoms with Crippen LogP contribution in [0.2, 0.25) is 0 Å². The molecule has 0 radical (unpaired) electrons. The molecule has 2 aromatic carbocycles. The van der Waals surface area contributed by atoms with Gasteiger partial charge in [-0.25, -0.2) is 0 Å². The third-order valence-corrected chi connectivity index (χ3v) is 4.84. The number of fused-ring (bicyclic) bond motifs is 1. The Bertz CT molecular complexity index is 792. The van der Waals surface area contributed by atoms with Crippen molar-refractivity contribution in [2.24, 2.45) is 0 Å². The fourth-order valence-electron chi connectivity index (χ4n) is 3.65. The number of rotatable bonds is 3. The minimum atomic E-state index is 0.309. The average molecular weight is 317 g/mol. The first-order valence-corrected chi connectivity index (χ1v) is 8.75. The van der Waals surface area contributed by atoms with Crippen molar-refractivity contribution in [3.8, 4) is 0 Å². The Morgan fingerprint density at radius 3 is 2.71 bits per heavy atom. The van der Waals surface area contributed by atoms with E-state index in [2.05, 4.69) is 69.8 Å². The van der Waals surface area contributed by atoms with Crippen molar-refractivity contribution < 1.29 is 0 Å². The van der Waals surface area contributed by atoms with Gasteiger partial charge in [0, 0.05) is 37.4 Å². The second kappa shape index (κ2) is 7.12. The number of nitrogens with one attached hydrogen (secondary N) is 1. The van der Waals surface area contributed by atoms with Gasteiger partial charge in [-0.2, -0.15) is 0 Å². The first-order chi connectivity index (χ1) is 11.9. The maximum atomic E-state index is 4.23. The first kappa shape index (κ1) is 15.3. The molecule has 2 heterocycles. The lowest BCUT2D eigenvalue weighted by molar-refractivity contribution is 0.241.